The molecule has 13 nitrogen and oxygen atoms in total. The molecule has 13 heteroatoms. The molecule has 10 N–H and O–H groups in total. The van der Waals surface area contributed by atoms with Crippen molar-refractivity contribution in [3.63, 3.8) is 0 Å². The Morgan fingerprint density at radius 3 is 1.66 bits per heavy atom. The van der Waals surface area contributed by atoms with Crippen molar-refractivity contribution in [3.05, 3.63) is 71.8 Å². The first-order chi connectivity index (χ1) is 25.4. The molecule has 0 saturated carbocycles. The number of rotatable bonds is 27. The Morgan fingerprint density at radius 2 is 1.13 bits per heavy atom. The molecule has 0 unspecified atom stereocenters. The molecular weight excluding hydrogens is 674 g/mol. The van der Waals surface area contributed by atoms with Crippen molar-refractivity contribution in [3.8, 4) is 0 Å². The van der Waals surface area contributed by atoms with Crippen LogP contribution in [0.4, 0.5) is 0 Å². The first kappa shape index (κ1) is 44.4. The van der Waals surface area contributed by atoms with Crippen LogP contribution in [0, 0.1) is 5.92 Å². The third-order valence-corrected chi connectivity index (χ3v) is 9.31. The van der Waals surface area contributed by atoms with Gasteiger partial charge in [0, 0.05) is 19.4 Å². The molecule has 0 spiro atoms. The van der Waals surface area contributed by atoms with Crippen molar-refractivity contribution >= 4 is 35.4 Å². The number of primary amides is 2. The maximum atomic E-state index is 13.2. The van der Waals surface area contributed by atoms with E-state index in [4.69, 9.17) is 17.2 Å². The van der Waals surface area contributed by atoms with E-state index in [-0.39, 0.29) is 24.7 Å². The van der Waals surface area contributed by atoms with Gasteiger partial charge in [0.25, 0.3) is 0 Å². The van der Waals surface area contributed by atoms with E-state index in [0.29, 0.717) is 32.2 Å². The minimum absolute atomic E-state index is 0.123. The number of unbranched alkanes of at least 4 members (excludes halogenated alkanes) is 8. The molecule has 0 bridgehead atoms. The van der Waals surface area contributed by atoms with Gasteiger partial charge in [-0.3, -0.25) is 28.8 Å². The van der Waals surface area contributed by atoms with Crippen LogP contribution in [0.25, 0.3) is 0 Å². The Bertz CT molecular complexity index is 1430. The Morgan fingerprint density at radius 1 is 0.623 bits per heavy atom. The summed E-state index contributed by atoms with van der Waals surface area (Å²) in [4.78, 5) is 74.9. The maximum Gasteiger partial charge on any atom is 0.243 e. The summed E-state index contributed by atoms with van der Waals surface area (Å²) in [6.45, 7) is 4.26. The van der Waals surface area contributed by atoms with Crippen molar-refractivity contribution in [2.45, 2.75) is 128 Å². The second-order valence-electron chi connectivity index (χ2n) is 13.8. The van der Waals surface area contributed by atoms with Gasteiger partial charge >= 0.3 is 0 Å². The molecule has 292 valence electrons. The molecule has 0 aromatic heterocycles. The Kier molecular flexibility index (Phi) is 21.1. The van der Waals surface area contributed by atoms with Gasteiger partial charge in [-0.25, -0.2) is 0 Å². The lowest BCUT2D eigenvalue weighted by Gasteiger charge is -2.26. The standard InChI is InChI=1S/C40H61N7O6/c1-3-28(2)36(40(53)45-32(37(43)50)26-30-21-15-12-16-22-30)47-35(49)23-17-9-7-5-4-6-8-10-18-24-44-39(52)33(27-34(42)48)46-38(51)31(41)25-29-19-13-11-14-20-29/h11-16,19-22,28,31-33,36H,3-10,17-18,23-27,41H2,1-2H3,(H2,42,48)(H2,43,50)(H,44,52)(H,45,53)(H,46,51)(H,47,49)/t28-,31+,32+,33+,36+/m1/s1. The monoisotopic (exact) mass is 735 g/mol. The fourth-order valence-corrected chi connectivity index (χ4v) is 5.91. The zero-order chi connectivity index (χ0) is 39.0. The van der Waals surface area contributed by atoms with Crippen LogP contribution in [0.15, 0.2) is 60.7 Å². The lowest BCUT2D eigenvalue weighted by molar-refractivity contribution is -0.132. The van der Waals surface area contributed by atoms with E-state index in [9.17, 15) is 28.8 Å². The fraction of sp³-hybridized carbons (Fsp3) is 0.550. The van der Waals surface area contributed by atoms with Gasteiger partial charge in [-0.1, -0.05) is 126 Å². The third-order valence-electron chi connectivity index (χ3n) is 9.31. The van der Waals surface area contributed by atoms with E-state index in [1.54, 1.807) is 0 Å². The highest BCUT2D eigenvalue weighted by molar-refractivity contribution is 5.93. The van der Waals surface area contributed by atoms with Gasteiger partial charge in [0.2, 0.25) is 35.4 Å². The predicted molar refractivity (Wildman–Crippen MR) is 206 cm³/mol. The highest BCUT2D eigenvalue weighted by atomic mass is 16.2. The van der Waals surface area contributed by atoms with Crippen LogP contribution < -0.4 is 38.5 Å². The summed E-state index contributed by atoms with van der Waals surface area (Å²) in [5, 5.41) is 11.0. The van der Waals surface area contributed by atoms with Gasteiger partial charge in [0.15, 0.2) is 0 Å². The molecular formula is C40H61N7O6. The minimum atomic E-state index is -1.08. The number of hydrogen-bond acceptors (Lipinski definition) is 7. The van der Waals surface area contributed by atoms with Gasteiger partial charge in [-0.2, -0.15) is 0 Å². The summed E-state index contributed by atoms with van der Waals surface area (Å²) >= 11 is 0. The largest absolute Gasteiger partial charge is 0.370 e. The molecule has 0 aliphatic rings. The molecule has 2 aromatic carbocycles. The normalized spacial score (nSPS) is 13.8. The first-order valence-electron chi connectivity index (χ1n) is 19.0. The lowest BCUT2D eigenvalue weighted by Crippen LogP contribution is -2.55. The summed E-state index contributed by atoms with van der Waals surface area (Å²) in [5.41, 5.74) is 18.7. The zero-order valence-electron chi connectivity index (χ0n) is 31.4. The van der Waals surface area contributed by atoms with Crippen LogP contribution >= 0.6 is 0 Å². The summed E-state index contributed by atoms with van der Waals surface area (Å²) in [5.74, 6) is -3.04. The van der Waals surface area contributed by atoms with Crippen molar-refractivity contribution in [1.29, 1.82) is 0 Å². The number of carbonyl (C=O) groups excluding carboxylic acids is 6. The Hall–Kier alpha value is -4.78. The van der Waals surface area contributed by atoms with Gasteiger partial charge in [-0.15, -0.1) is 0 Å². The molecule has 2 rings (SSSR count). The molecule has 0 aliphatic carbocycles. The fourth-order valence-electron chi connectivity index (χ4n) is 5.91. The number of carbonyl (C=O) groups is 6. The second kappa shape index (κ2) is 25.2. The molecule has 0 saturated heterocycles. The molecule has 5 atom stereocenters. The number of hydrogen-bond donors (Lipinski definition) is 7. The maximum absolute atomic E-state index is 13.2. The quantitative estimate of drug-likeness (QED) is 0.0678. The molecule has 0 heterocycles. The molecule has 2 aromatic rings. The van der Waals surface area contributed by atoms with Gasteiger partial charge in [-0.05, 0) is 36.3 Å². The van der Waals surface area contributed by atoms with Crippen molar-refractivity contribution in [2.24, 2.45) is 23.1 Å². The summed E-state index contributed by atoms with van der Waals surface area (Å²) in [6, 6.07) is 15.0. The van der Waals surface area contributed by atoms with Crippen molar-refractivity contribution in [2.75, 3.05) is 6.54 Å². The van der Waals surface area contributed by atoms with E-state index in [2.05, 4.69) is 21.3 Å². The molecule has 0 aliphatic heterocycles. The smallest absolute Gasteiger partial charge is 0.243 e. The number of nitrogens with one attached hydrogen (secondary N) is 4. The highest BCUT2D eigenvalue weighted by Gasteiger charge is 2.29. The predicted octanol–water partition coefficient (Wildman–Crippen LogP) is 2.68. The van der Waals surface area contributed by atoms with Crippen LogP contribution in [0.1, 0.15) is 102 Å². The topological polar surface area (TPSA) is 229 Å². The summed E-state index contributed by atoms with van der Waals surface area (Å²) in [7, 11) is 0. The van der Waals surface area contributed by atoms with E-state index < -0.39 is 53.7 Å². The van der Waals surface area contributed by atoms with E-state index in [0.717, 1.165) is 62.5 Å². The summed E-state index contributed by atoms with van der Waals surface area (Å²) < 4.78 is 0. The lowest BCUT2D eigenvalue weighted by atomic mass is 9.97. The van der Waals surface area contributed by atoms with Crippen LogP contribution in [0.5, 0.6) is 0 Å². The summed E-state index contributed by atoms with van der Waals surface area (Å²) in [6.07, 6.45) is 9.73. The van der Waals surface area contributed by atoms with Gasteiger partial charge < -0.3 is 38.5 Å². The third kappa shape index (κ3) is 18.5. The first-order valence-corrected chi connectivity index (χ1v) is 19.0. The van der Waals surface area contributed by atoms with Gasteiger partial charge in [0.1, 0.15) is 18.1 Å². The zero-order valence-corrected chi connectivity index (χ0v) is 31.4. The average Bonchev–Trinajstić information content (AvgIpc) is 3.13. The second-order valence-corrected chi connectivity index (χ2v) is 13.8. The Balaban J connectivity index is 1.59. The van der Waals surface area contributed by atoms with E-state index in [1.165, 1.54) is 0 Å². The number of nitrogens with two attached hydrogens (primary N) is 3. The van der Waals surface area contributed by atoms with E-state index in [1.807, 2.05) is 74.5 Å². The number of amides is 6. The van der Waals surface area contributed by atoms with Gasteiger partial charge in [0.05, 0.1) is 12.5 Å². The molecule has 0 radical (unpaired) electrons. The van der Waals surface area contributed by atoms with E-state index >= 15 is 0 Å². The minimum Gasteiger partial charge on any atom is -0.370 e. The van der Waals surface area contributed by atoms with Crippen molar-refractivity contribution < 1.29 is 28.8 Å². The Labute approximate surface area is 314 Å². The SMILES string of the molecule is CC[C@@H](C)[C@H](NC(=O)CCCCCCCCCCCNC(=O)[C@H](CC(N)=O)NC(=O)[C@@H](N)Cc1ccccc1)C(=O)N[C@@H](Cc1ccccc1)C(N)=O. The van der Waals surface area contributed by atoms with Crippen LogP contribution in [0.2, 0.25) is 0 Å². The molecule has 53 heavy (non-hydrogen) atoms. The molecule has 0 fully saturated rings. The van der Waals surface area contributed by atoms with Crippen molar-refractivity contribution in [1.82, 2.24) is 21.3 Å². The average molecular weight is 736 g/mol. The van der Waals surface area contributed by atoms with Crippen LogP contribution in [-0.4, -0.2) is 66.2 Å². The highest BCUT2D eigenvalue weighted by Crippen LogP contribution is 2.13. The molecule has 6 amide bonds. The van der Waals surface area contributed by atoms with Crippen LogP contribution in [-0.2, 0) is 41.6 Å². The van der Waals surface area contributed by atoms with Crippen LogP contribution in [0.3, 0.4) is 0 Å². The number of benzene rings is 2.